The lowest BCUT2D eigenvalue weighted by Gasteiger charge is -2.29. The van der Waals surface area contributed by atoms with Gasteiger partial charge >= 0.3 is 0 Å². The van der Waals surface area contributed by atoms with Crippen LogP contribution in [-0.4, -0.2) is 4.57 Å². The Kier molecular flexibility index (Phi) is 8.19. The fraction of sp³-hybridized carbons (Fsp3) is 0. The lowest BCUT2D eigenvalue weighted by Crippen LogP contribution is -2.12. The minimum Gasteiger partial charge on any atom is -0.309 e. The molecule has 0 radical (unpaired) electrons. The summed E-state index contributed by atoms with van der Waals surface area (Å²) in [5, 5.41) is 7.33. The van der Waals surface area contributed by atoms with Gasteiger partial charge in [-0.25, -0.2) is 0 Å². The van der Waals surface area contributed by atoms with Gasteiger partial charge in [-0.15, -0.1) is 0 Å². The van der Waals surface area contributed by atoms with Crippen LogP contribution in [0.2, 0.25) is 0 Å². The van der Waals surface area contributed by atoms with Gasteiger partial charge in [0.2, 0.25) is 0 Å². The average molecular weight is 739 g/mol. The van der Waals surface area contributed by atoms with Crippen LogP contribution in [0.4, 0.5) is 17.1 Å². The van der Waals surface area contributed by atoms with Crippen LogP contribution >= 0.6 is 0 Å². The number of para-hydroxylation sites is 3. The highest BCUT2D eigenvalue weighted by Gasteiger charge is 2.24. The molecule has 2 nitrogen and oxygen atoms in total. The molecular weight excluding hydrogens is 701 g/mol. The van der Waals surface area contributed by atoms with Crippen LogP contribution in [0.25, 0.3) is 82.4 Å². The fourth-order valence-corrected chi connectivity index (χ4v) is 8.83. The number of aromatic nitrogens is 1. The maximum atomic E-state index is 2.47. The SMILES string of the molecule is c1ccc(-c2ccccc2-n2c3ccccc3c3c(N(c4ccccc4)c4ccc(-c5ccc6ccccc6c5)cc4-c4ccc5ccccc5c4)cccc32)cc1. The van der Waals surface area contributed by atoms with Gasteiger partial charge < -0.3 is 9.47 Å². The van der Waals surface area contributed by atoms with Gasteiger partial charge in [0.15, 0.2) is 0 Å². The van der Waals surface area contributed by atoms with E-state index in [1.165, 1.54) is 65.7 Å². The van der Waals surface area contributed by atoms with E-state index in [9.17, 15) is 0 Å². The van der Waals surface area contributed by atoms with Crippen LogP contribution in [-0.2, 0) is 0 Å². The Morgan fingerprint density at radius 3 is 1.66 bits per heavy atom. The van der Waals surface area contributed by atoms with Crippen molar-refractivity contribution in [2.45, 2.75) is 0 Å². The quantitative estimate of drug-likeness (QED) is 0.158. The third-order valence-corrected chi connectivity index (χ3v) is 11.5. The second-order valence-electron chi connectivity index (χ2n) is 14.9. The Labute approximate surface area is 338 Å². The van der Waals surface area contributed by atoms with Crippen molar-refractivity contribution < 1.29 is 0 Å². The molecule has 0 amide bonds. The fourth-order valence-electron chi connectivity index (χ4n) is 8.83. The molecule has 10 aromatic carbocycles. The van der Waals surface area contributed by atoms with Crippen molar-refractivity contribution in [1.82, 2.24) is 4.57 Å². The number of nitrogens with zero attached hydrogens (tertiary/aromatic N) is 2. The summed E-state index contributed by atoms with van der Waals surface area (Å²) in [4.78, 5) is 2.47. The predicted octanol–water partition coefficient (Wildman–Crippen LogP) is 15.6. The first-order valence-corrected chi connectivity index (χ1v) is 19.9. The monoisotopic (exact) mass is 738 g/mol. The number of hydrogen-bond donors (Lipinski definition) is 0. The van der Waals surface area contributed by atoms with Gasteiger partial charge in [-0.2, -0.15) is 0 Å². The third kappa shape index (κ3) is 5.74. The van der Waals surface area contributed by atoms with Gasteiger partial charge in [0.1, 0.15) is 0 Å². The molecule has 1 heterocycles. The lowest BCUT2D eigenvalue weighted by atomic mass is 9.93. The van der Waals surface area contributed by atoms with Gasteiger partial charge in [0.05, 0.1) is 28.1 Å². The Morgan fingerprint density at radius 1 is 0.310 bits per heavy atom. The van der Waals surface area contributed by atoms with E-state index in [0.717, 1.165) is 33.8 Å². The summed E-state index contributed by atoms with van der Waals surface area (Å²) in [6.07, 6.45) is 0. The number of fused-ring (bicyclic) bond motifs is 5. The van der Waals surface area contributed by atoms with E-state index in [4.69, 9.17) is 0 Å². The first-order valence-electron chi connectivity index (χ1n) is 19.9. The molecule has 58 heavy (non-hydrogen) atoms. The molecule has 0 bridgehead atoms. The minimum atomic E-state index is 1.09. The number of benzene rings is 10. The van der Waals surface area contributed by atoms with Crippen molar-refractivity contribution in [2.24, 2.45) is 0 Å². The average Bonchev–Trinajstić information content (AvgIpc) is 3.64. The third-order valence-electron chi connectivity index (χ3n) is 11.5. The molecule has 0 aliphatic carbocycles. The van der Waals surface area contributed by atoms with Crippen molar-refractivity contribution in [3.05, 3.63) is 231 Å². The summed E-state index contributed by atoms with van der Waals surface area (Å²) in [6.45, 7) is 0. The van der Waals surface area contributed by atoms with Crippen LogP contribution in [0.15, 0.2) is 231 Å². The second-order valence-corrected chi connectivity index (χ2v) is 14.9. The van der Waals surface area contributed by atoms with Crippen molar-refractivity contribution in [1.29, 1.82) is 0 Å². The molecule has 11 rings (SSSR count). The molecule has 0 unspecified atom stereocenters. The van der Waals surface area contributed by atoms with Crippen LogP contribution in [0, 0.1) is 0 Å². The molecule has 0 fully saturated rings. The summed E-state index contributed by atoms with van der Waals surface area (Å²) in [7, 11) is 0. The van der Waals surface area contributed by atoms with E-state index in [0.29, 0.717) is 0 Å². The van der Waals surface area contributed by atoms with Gasteiger partial charge in [0, 0.05) is 27.6 Å². The number of hydrogen-bond acceptors (Lipinski definition) is 1. The standard InChI is InChI=1S/C56H38N2/c1-3-18-41(19-4-1)48-24-11-13-26-51(48)58-52-27-14-12-25-49(52)56-54(28-15-29-55(56)58)57(47-22-5-2-6-23-47)53-35-34-45(44-32-30-39-16-7-9-20-42(39)36-44)38-50(53)46-33-31-40-17-8-10-21-43(40)37-46/h1-38H. The smallest absolute Gasteiger partial charge is 0.0562 e. The maximum Gasteiger partial charge on any atom is 0.0562 e. The van der Waals surface area contributed by atoms with Crippen molar-refractivity contribution in [3.63, 3.8) is 0 Å². The van der Waals surface area contributed by atoms with Crippen LogP contribution < -0.4 is 4.90 Å². The van der Waals surface area contributed by atoms with E-state index in [2.05, 4.69) is 240 Å². The molecular formula is C56H38N2. The first-order chi connectivity index (χ1) is 28.8. The predicted molar refractivity (Wildman–Crippen MR) is 247 cm³/mol. The van der Waals surface area contributed by atoms with E-state index >= 15 is 0 Å². The van der Waals surface area contributed by atoms with Crippen LogP contribution in [0.3, 0.4) is 0 Å². The van der Waals surface area contributed by atoms with Crippen LogP contribution in [0.1, 0.15) is 0 Å². The number of rotatable bonds is 7. The Hall–Kier alpha value is -7.68. The minimum absolute atomic E-state index is 1.09. The molecule has 0 saturated carbocycles. The molecule has 0 aliphatic rings. The van der Waals surface area contributed by atoms with Gasteiger partial charge in [-0.1, -0.05) is 170 Å². The molecule has 0 saturated heterocycles. The van der Waals surface area contributed by atoms with Crippen molar-refractivity contribution in [2.75, 3.05) is 4.90 Å². The molecule has 2 heteroatoms. The molecule has 0 spiro atoms. The van der Waals surface area contributed by atoms with Gasteiger partial charge in [-0.3, -0.25) is 0 Å². The maximum absolute atomic E-state index is 2.47. The molecule has 0 atom stereocenters. The van der Waals surface area contributed by atoms with E-state index in [1.807, 2.05) is 0 Å². The molecule has 0 N–H and O–H groups in total. The Bertz CT molecular complexity index is 3290. The summed E-state index contributed by atoms with van der Waals surface area (Å²) in [5.41, 5.74) is 13.9. The zero-order valence-electron chi connectivity index (χ0n) is 31.8. The van der Waals surface area contributed by atoms with Crippen molar-refractivity contribution in [3.8, 4) is 39.1 Å². The van der Waals surface area contributed by atoms with E-state index in [-0.39, 0.29) is 0 Å². The van der Waals surface area contributed by atoms with Gasteiger partial charge in [0.25, 0.3) is 0 Å². The molecule has 11 aromatic rings. The number of anilines is 3. The van der Waals surface area contributed by atoms with Crippen molar-refractivity contribution >= 4 is 60.4 Å². The Morgan fingerprint density at radius 2 is 0.879 bits per heavy atom. The summed E-state index contributed by atoms with van der Waals surface area (Å²) >= 11 is 0. The zero-order chi connectivity index (χ0) is 38.4. The summed E-state index contributed by atoms with van der Waals surface area (Å²) < 4.78 is 2.45. The Balaban J connectivity index is 1.19. The van der Waals surface area contributed by atoms with Gasteiger partial charge in [-0.05, 0) is 104 Å². The normalized spacial score (nSPS) is 11.4. The largest absolute Gasteiger partial charge is 0.309 e. The first kappa shape index (κ1) is 33.6. The highest BCUT2D eigenvalue weighted by atomic mass is 15.2. The second kappa shape index (κ2) is 14.1. The summed E-state index contributed by atoms with van der Waals surface area (Å²) in [6, 6.07) is 83.9. The highest BCUT2D eigenvalue weighted by Crippen LogP contribution is 2.48. The molecule has 272 valence electrons. The van der Waals surface area contributed by atoms with E-state index in [1.54, 1.807) is 0 Å². The van der Waals surface area contributed by atoms with Crippen LogP contribution in [0.5, 0.6) is 0 Å². The highest BCUT2D eigenvalue weighted by molar-refractivity contribution is 6.17. The molecule has 0 aliphatic heterocycles. The lowest BCUT2D eigenvalue weighted by molar-refractivity contribution is 1.18. The van der Waals surface area contributed by atoms with E-state index < -0.39 is 0 Å². The molecule has 1 aromatic heterocycles. The summed E-state index contributed by atoms with van der Waals surface area (Å²) in [5.74, 6) is 0. The topological polar surface area (TPSA) is 8.17 Å². The zero-order valence-corrected chi connectivity index (χ0v) is 31.8.